The molecule has 9 heteroatoms. The molecule has 2 aromatic carbocycles. The third kappa shape index (κ3) is 5.23. The molecule has 1 aliphatic rings. The van der Waals surface area contributed by atoms with Gasteiger partial charge in [0.1, 0.15) is 18.2 Å². The molecule has 1 fully saturated rings. The van der Waals surface area contributed by atoms with Crippen LogP contribution in [0.5, 0.6) is 0 Å². The Morgan fingerprint density at radius 2 is 1.59 bits per heavy atom. The summed E-state index contributed by atoms with van der Waals surface area (Å²) in [6, 6.07) is 12.1. The summed E-state index contributed by atoms with van der Waals surface area (Å²) in [7, 11) is 0. The first-order valence-electron chi connectivity index (χ1n) is 10.2. The number of hydrogen-bond acceptors (Lipinski definition) is 4. The molecule has 4 atom stereocenters. The van der Waals surface area contributed by atoms with Crippen LogP contribution < -0.4 is 5.73 Å². The van der Waals surface area contributed by atoms with E-state index in [1.54, 1.807) is 48.5 Å². The summed E-state index contributed by atoms with van der Waals surface area (Å²) in [6.07, 6.45) is -1.63. The number of carboxylic acids is 1. The van der Waals surface area contributed by atoms with Gasteiger partial charge in [0.05, 0.1) is 12.5 Å². The highest BCUT2D eigenvalue weighted by molar-refractivity contribution is 6.30. The number of primary amides is 1. The molecule has 2 unspecified atom stereocenters. The summed E-state index contributed by atoms with van der Waals surface area (Å²) in [5.41, 5.74) is 7.06. The zero-order valence-electron chi connectivity index (χ0n) is 17.4. The molecule has 0 radical (unpaired) electrons. The molecule has 0 aliphatic carbocycles. The zero-order valence-corrected chi connectivity index (χ0v) is 18.9. The minimum absolute atomic E-state index is 0.332. The van der Waals surface area contributed by atoms with Crippen LogP contribution in [0.2, 0.25) is 10.0 Å². The van der Waals surface area contributed by atoms with Crippen molar-refractivity contribution in [3.8, 4) is 0 Å². The molecule has 170 valence electrons. The molecule has 1 aliphatic heterocycles. The van der Waals surface area contributed by atoms with Crippen LogP contribution in [-0.4, -0.2) is 39.9 Å². The van der Waals surface area contributed by atoms with Gasteiger partial charge >= 0.3 is 5.97 Å². The fourth-order valence-corrected chi connectivity index (χ4v) is 4.25. The molecule has 0 bridgehead atoms. The van der Waals surface area contributed by atoms with Gasteiger partial charge in [0.2, 0.25) is 5.91 Å². The summed E-state index contributed by atoms with van der Waals surface area (Å²) in [4.78, 5) is 38.7. The number of carboxylic acid groups (broad SMARTS) is 1. The van der Waals surface area contributed by atoms with Crippen molar-refractivity contribution in [3.05, 3.63) is 69.7 Å². The van der Waals surface area contributed by atoms with Crippen LogP contribution in [0.4, 0.5) is 0 Å². The Balaban J connectivity index is 2.19. The Morgan fingerprint density at radius 3 is 2.06 bits per heavy atom. The highest BCUT2D eigenvalue weighted by Gasteiger charge is 2.48. The molecular weight excluding hydrogens is 455 g/mol. The highest BCUT2D eigenvalue weighted by atomic mass is 35.5. The van der Waals surface area contributed by atoms with Gasteiger partial charge in [-0.25, -0.2) is 0 Å². The van der Waals surface area contributed by atoms with Gasteiger partial charge in [-0.3, -0.25) is 14.4 Å². The Bertz CT molecular complexity index is 981. The Morgan fingerprint density at radius 1 is 1.06 bits per heavy atom. The first kappa shape index (κ1) is 24.0. The standard InChI is InChI=1S/C23H24Cl2N2O5/c1-2-3-17(22(26)30)27-20(13-4-8-15(24)9-5-13)21(14-6-10-16(25)11-7-14)32-18(23(27)31)12-19(28)29/h4-11,17-18,20-21H,2-3,12H2,1H3,(H2,26,30)(H,28,29)/t17?,18-,20?,21-/m0/s1. The zero-order chi connectivity index (χ0) is 23.4. The highest BCUT2D eigenvalue weighted by Crippen LogP contribution is 2.44. The van der Waals surface area contributed by atoms with E-state index in [4.69, 9.17) is 33.7 Å². The molecule has 3 N–H and O–H groups in total. The first-order valence-corrected chi connectivity index (χ1v) is 11.0. The summed E-state index contributed by atoms with van der Waals surface area (Å²) >= 11 is 12.1. The second kappa shape index (κ2) is 10.3. The number of carbonyl (C=O) groups is 3. The lowest BCUT2D eigenvalue weighted by Gasteiger charge is -2.47. The topological polar surface area (TPSA) is 110 Å². The number of nitrogens with zero attached hydrogens (tertiary/aromatic N) is 1. The van der Waals surface area contributed by atoms with Crippen molar-refractivity contribution in [2.24, 2.45) is 5.73 Å². The Hall–Kier alpha value is -2.61. The van der Waals surface area contributed by atoms with E-state index >= 15 is 0 Å². The van der Waals surface area contributed by atoms with Gasteiger partial charge in [-0.15, -0.1) is 0 Å². The van der Waals surface area contributed by atoms with Crippen molar-refractivity contribution < 1.29 is 24.2 Å². The lowest BCUT2D eigenvalue weighted by atomic mass is 9.89. The predicted molar refractivity (Wildman–Crippen MR) is 120 cm³/mol. The van der Waals surface area contributed by atoms with Gasteiger partial charge in [-0.1, -0.05) is 60.8 Å². The normalized spacial score (nSPS) is 21.9. The van der Waals surface area contributed by atoms with Crippen LogP contribution in [-0.2, 0) is 19.1 Å². The molecule has 0 spiro atoms. The predicted octanol–water partition coefficient (Wildman–Crippen LogP) is 4.13. The average Bonchev–Trinajstić information content (AvgIpc) is 2.74. The molecule has 1 heterocycles. The van der Waals surface area contributed by atoms with Crippen LogP contribution >= 0.6 is 23.2 Å². The van der Waals surface area contributed by atoms with Crippen LogP contribution in [0.15, 0.2) is 48.5 Å². The van der Waals surface area contributed by atoms with E-state index in [0.717, 1.165) is 0 Å². The quantitative estimate of drug-likeness (QED) is 0.592. The van der Waals surface area contributed by atoms with Crippen LogP contribution in [0.3, 0.4) is 0 Å². The van der Waals surface area contributed by atoms with Crippen LogP contribution in [0, 0.1) is 0 Å². The van der Waals surface area contributed by atoms with E-state index in [0.29, 0.717) is 34.0 Å². The number of morpholine rings is 1. The number of hydrogen-bond donors (Lipinski definition) is 2. The molecule has 7 nitrogen and oxygen atoms in total. The molecule has 32 heavy (non-hydrogen) atoms. The minimum atomic E-state index is -1.27. The van der Waals surface area contributed by atoms with Gasteiger partial charge < -0.3 is 20.5 Å². The number of nitrogens with two attached hydrogens (primary N) is 1. The lowest BCUT2D eigenvalue weighted by molar-refractivity contribution is -0.184. The summed E-state index contributed by atoms with van der Waals surface area (Å²) in [5, 5.41) is 10.4. The monoisotopic (exact) mass is 478 g/mol. The van der Waals surface area contributed by atoms with Crippen molar-refractivity contribution in [2.45, 2.75) is 50.5 Å². The molecule has 2 aromatic rings. The number of aliphatic carboxylic acids is 1. The van der Waals surface area contributed by atoms with Crippen molar-refractivity contribution in [3.63, 3.8) is 0 Å². The third-order valence-electron chi connectivity index (χ3n) is 5.42. The van der Waals surface area contributed by atoms with E-state index in [1.807, 2.05) is 6.92 Å². The second-order valence-electron chi connectivity index (χ2n) is 7.64. The van der Waals surface area contributed by atoms with E-state index in [-0.39, 0.29) is 0 Å². The van der Waals surface area contributed by atoms with Gasteiger partial charge in [0.15, 0.2) is 0 Å². The van der Waals surface area contributed by atoms with Gasteiger partial charge in [-0.2, -0.15) is 0 Å². The Kier molecular flexibility index (Phi) is 7.77. The fraction of sp³-hybridized carbons (Fsp3) is 0.348. The number of carbonyl (C=O) groups excluding carboxylic acids is 2. The van der Waals surface area contributed by atoms with Crippen molar-refractivity contribution in [1.29, 1.82) is 0 Å². The van der Waals surface area contributed by atoms with Crippen molar-refractivity contribution in [2.75, 3.05) is 0 Å². The van der Waals surface area contributed by atoms with Gasteiger partial charge in [-0.05, 0) is 41.8 Å². The Labute approximate surface area is 196 Å². The maximum Gasteiger partial charge on any atom is 0.306 e. The smallest absolute Gasteiger partial charge is 0.306 e. The molecule has 3 rings (SSSR count). The van der Waals surface area contributed by atoms with Crippen molar-refractivity contribution >= 4 is 41.0 Å². The SMILES string of the molecule is CCCC(C(N)=O)N1C(=O)[C@H](CC(=O)O)O[C@@H](c2ccc(Cl)cc2)C1c1ccc(Cl)cc1. The fourth-order valence-electron chi connectivity index (χ4n) is 4.00. The minimum Gasteiger partial charge on any atom is -0.481 e. The third-order valence-corrected chi connectivity index (χ3v) is 5.93. The largest absolute Gasteiger partial charge is 0.481 e. The van der Waals surface area contributed by atoms with E-state index in [2.05, 4.69) is 0 Å². The lowest BCUT2D eigenvalue weighted by Crippen LogP contribution is -2.58. The second-order valence-corrected chi connectivity index (χ2v) is 8.52. The number of halogens is 2. The van der Waals surface area contributed by atoms with Gasteiger partial charge in [0, 0.05) is 10.0 Å². The number of benzene rings is 2. The summed E-state index contributed by atoms with van der Waals surface area (Å²) < 4.78 is 6.07. The molecule has 0 saturated carbocycles. The molecule has 1 saturated heterocycles. The van der Waals surface area contributed by atoms with E-state index in [1.165, 1.54) is 4.90 Å². The van der Waals surface area contributed by atoms with Crippen molar-refractivity contribution in [1.82, 2.24) is 4.90 Å². The van der Waals surface area contributed by atoms with E-state index < -0.39 is 48.5 Å². The number of rotatable bonds is 8. The number of ether oxygens (including phenoxy) is 1. The van der Waals surface area contributed by atoms with E-state index in [9.17, 15) is 19.5 Å². The average molecular weight is 479 g/mol. The molecular formula is C23H24Cl2N2O5. The maximum absolute atomic E-state index is 13.4. The maximum atomic E-state index is 13.4. The van der Waals surface area contributed by atoms with Crippen LogP contribution in [0.1, 0.15) is 49.5 Å². The summed E-state index contributed by atoms with van der Waals surface area (Å²) in [5.74, 6) is -2.44. The molecule has 0 aromatic heterocycles. The first-order chi connectivity index (χ1) is 15.2. The number of amides is 2. The van der Waals surface area contributed by atoms with Crippen LogP contribution in [0.25, 0.3) is 0 Å². The van der Waals surface area contributed by atoms with Gasteiger partial charge in [0.25, 0.3) is 5.91 Å². The summed E-state index contributed by atoms with van der Waals surface area (Å²) in [6.45, 7) is 1.88. The molecule has 2 amide bonds.